The van der Waals surface area contributed by atoms with Gasteiger partial charge >= 0.3 is 0 Å². The first-order valence-corrected chi connectivity index (χ1v) is 5.47. The summed E-state index contributed by atoms with van der Waals surface area (Å²) in [7, 11) is 0. The minimum atomic E-state index is 0.477. The molecule has 0 saturated carbocycles. The Kier molecular flexibility index (Phi) is 6.18. The Hall–Kier alpha value is -1.51. The molecule has 2 rings (SSSR count). The molecular weight excluding hydrogens is 186 g/mol. The summed E-state index contributed by atoms with van der Waals surface area (Å²) < 4.78 is 0. The molecule has 3 N–H and O–H groups in total. The van der Waals surface area contributed by atoms with Crippen molar-refractivity contribution in [1.29, 1.82) is 0 Å². The summed E-state index contributed by atoms with van der Waals surface area (Å²) in [4.78, 5) is 7.04. The summed E-state index contributed by atoms with van der Waals surface area (Å²) in [5.41, 5.74) is 8.61. The Bertz CT molecular complexity index is 391. The molecule has 2 aromatic rings. The Morgan fingerprint density at radius 1 is 1.13 bits per heavy atom. The van der Waals surface area contributed by atoms with Crippen LogP contribution in [0.2, 0.25) is 0 Å². The normalized spacial score (nSPS) is 8.60. The zero-order valence-electron chi connectivity index (χ0n) is 10.3. The SMILES string of the molecule is CC.CC.Cc1ccc2nc(N)[nH]c2c1. The van der Waals surface area contributed by atoms with Crippen LogP contribution < -0.4 is 5.73 Å². The topological polar surface area (TPSA) is 54.7 Å². The van der Waals surface area contributed by atoms with E-state index in [1.165, 1.54) is 5.56 Å². The fraction of sp³-hybridized carbons (Fsp3) is 0.417. The smallest absolute Gasteiger partial charge is 0.198 e. The van der Waals surface area contributed by atoms with Gasteiger partial charge in [-0.2, -0.15) is 0 Å². The Morgan fingerprint density at radius 3 is 2.33 bits per heavy atom. The molecule has 1 aromatic heterocycles. The van der Waals surface area contributed by atoms with E-state index in [9.17, 15) is 0 Å². The molecule has 0 aliphatic rings. The summed E-state index contributed by atoms with van der Waals surface area (Å²) in [6, 6.07) is 6.00. The number of hydrogen-bond donors (Lipinski definition) is 2. The number of nitrogen functional groups attached to an aromatic ring is 1. The maximum absolute atomic E-state index is 5.47. The molecule has 84 valence electrons. The quantitative estimate of drug-likeness (QED) is 0.694. The highest BCUT2D eigenvalue weighted by atomic mass is 15.0. The van der Waals surface area contributed by atoms with Crippen molar-refractivity contribution in [2.45, 2.75) is 34.6 Å². The number of fused-ring (bicyclic) bond motifs is 1. The van der Waals surface area contributed by atoms with Crippen molar-refractivity contribution in [3.05, 3.63) is 23.8 Å². The molecule has 0 amide bonds. The molecule has 0 fully saturated rings. The monoisotopic (exact) mass is 207 g/mol. The number of imidazole rings is 1. The lowest BCUT2D eigenvalue weighted by atomic mass is 10.2. The molecule has 1 aromatic carbocycles. The van der Waals surface area contributed by atoms with Crippen LogP contribution in [0.15, 0.2) is 18.2 Å². The van der Waals surface area contributed by atoms with Gasteiger partial charge in [0.2, 0.25) is 0 Å². The lowest BCUT2D eigenvalue weighted by Gasteiger charge is -1.88. The predicted molar refractivity (Wildman–Crippen MR) is 67.9 cm³/mol. The number of rotatable bonds is 0. The molecule has 3 nitrogen and oxygen atoms in total. The van der Waals surface area contributed by atoms with Crippen molar-refractivity contribution in [1.82, 2.24) is 9.97 Å². The summed E-state index contributed by atoms with van der Waals surface area (Å²) >= 11 is 0. The van der Waals surface area contributed by atoms with Gasteiger partial charge in [-0.05, 0) is 24.6 Å². The van der Waals surface area contributed by atoms with Crippen molar-refractivity contribution in [3.63, 3.8) is 0 Å². The van der Waals surface area contributed by atoms with Gasteiger partial charge in [-0.15, -0.1) is 0 Å². The van der Waals surface area contributed by atoms with Crippen LogP contribution in [0.4, 0.5) is 5.95 Å². The minimum Gasteiger partial charge on any atom is -0.369 e. The highest BCUT2D eigenvalue weighted by Crippen LogP contribution is 2.13. The number of nitrogens with zero attached hydrogens (tertiary/aromatic N) is 1. The Labute approximate surface area is 91.7 Å². The fourth-order valence-corrected chi connectivity index (χ4v) is 1.14. The second kappa shape index (κ2) is 6.87. The highest BCUT2D eigenvalue weighted by Gasteiger charge is 1.97. The fourth-order valence-electron chi connectivity index (χ4n) is 1.14. The molecule has 0 aliphatic carbocycles. The molecule has 3 heteroatoms. The zero-order valence-corrected chi connectivity index (χ0v) is 10.3. The van der Waals surface area contributed by atoms with Crippen LogP contribution in [0.1, 0.15) is 33.3 Å². The molecule has 0 bridgehead atoms. The average Bonchev–Trinajstić information content (AvgIpc) is 2.63. The summed E-state index contributed by atoms with van der Waals surface area (Å²) in [5.74, 6) is 0.477. The number of aromatic nitrogens is 2. The van der Waals surface area contributed by atoms with E-state index < -0.39 is 0 Å². The number of hydrogen-bond acceptors (Lipinski definition) is 2. The molecule has 0 radical (unpaired) electrons. The van der Waals surface area contributed by atoms with E-state index in [4.69, 9.17) is 5.73 Å². The van der Waals surface area contributed by atoms with Crippen LogP contribution in [0, 0.1) is 6.92 Å². The van der Waals surface area contributed by atoms with E-state index in [0.717, 1.165) is 11.0 Å². The van der Waals surface area contributed by atoms with E-state index in [0.29, 0.717) is 5.95 Å². The molecule has 1 heterocycles. The maximum Gasteiger partial charge on any atom is 0.198 e. The van der Waals surface area contributed by atoms with E-state index in [2.05, 4.69) is 9.97 Å². The number of benzene rings is 1. The largest absolute Gasteiger partial charge is 0.369 e. The lowest BCUT2D eigenvalue weighted by Crippen LogP contribution is -1.84. The summed E-state index contributed by atoms with van der Waals surface area (Å²) in [5, 5.41) is 0. The average molecular weight is 207 g/mol. The van der Waals surface area contributed by atoms with Crippen molar-refractivity contribution in [2.24, 2.45) is 0 Å². The van der Waals surface area contributed by atoms with Crippen LogP contribution in [0.25, 0.3) is 11.0 Å². The number of anilines is 1. The van der Waals surface area contributed by atoms with Gasteiger partial charge in [0.05, 0.1) is 11.0 Å². The molecule has 0 aliphatic heterocycles. The van der Waals surface area contributed by atoms with Crippen LogP contribution in [0.5, 0.6) is 0 Å². The Balaban J connectivity index is 0.000000442. The van der Waals surface area contributed by atoms with Crippen LogP contribution in [-0.4, -0.2) is 9.97 Å². The molecule has 0 spiro atoms. The van der Waals surface area contributed by atoms with Crippen molar-refractivity contribution >= 4 is 17.0 Å². The highest BCUT2D eigenvalue weighted by molar-refractivity contribution is 5.77. The number of aromatic amines is 1. The number of nitrogens with two attached hydrogens (primary N) is 1. The maximum atomic E-state index is 5.47. The second-order valence-corrected chi connectivity index (χ2v) is 2.64. The van der Waals surface area contributed by atoms with E-state index in [1.807, 2.05) is 52.8 Å². The van der Waals surface area contributed by atoms with Gasteiger partial charge in [0.15, 0.2) is 5.95 Å². The Morgan fingerprint density at radius 2 is 1.73 bits per heavy atom. The third-order valence-electron chi connectivity index (χ3n) is 1.66. The number of aryl methyl sites for hydroxylation is 1. The number of H-pyrrole nitrogens is 1. The third-order valence-corrected chi connectivity index (χ3v) is 1.66. The van der Waals surface area contributed by atoms with Gasteiger partial charge in [0.1, 0.15) is 0 Å². The lowest BCUT2D eigenvalue weighted by molar-refractivity contribution is 1.35. The molecule has 15 heavy (non-hydrogen) atoms. The minimum absolute atomic E-state index is 0.477. The van der Waals surface area contributed by atoms with E-state index in [1.54, 1.807) is 0 Å². The molecule has 0 unspecified atom stereocenters. The van der Waals surface area contributed by atoms with E-state index >= 15 is 0 Å². The zero-order chi connectivity index (χ0) is 11.8. The van der Waals surface area contributed by atoms with Crippen LogP contribution in [0.3, 0.4) is 0 Å². The standard InChI is InChI=1S/C8H9N3.2C2H6/c1-5-2-3-6-7(4-5)11-8(9)10-6;2*1-2/h2-4H,1H3,(H3,9,10,11);2*1-2H3. The first-order chi connectivity index (χ1) is 7.25. The van der Waals surface area contributed by atoms with Crippen LogP contribution >= 0.6 is 0 Å². The third kappa shape index (κ3) is 3.62. The molecule has 0 saturated heterocycles. The first kappa shape index (κ1) is 13.5. The van der Waals surface area contributed by atoms with Crippen molar-refractivity contribution in [2.75, 3.05) is 5.73 Å². The van der Waals surface area contributed by atoms with Gasteiger partial charge < -0.3 is 10.7 Å². The summed E-state index contributed by atoms with van der Waals surface area (Å²) in [6.07, 6.45) is 0. The second-order valence-electron chi connectivity index (χ2n) is 2.64. The number of nitrogens with one attached hydrogen (secondary N) is 1. The molecule has 0 atom stereocenters. The van der Waals surface area contributed by atoms with Gasteiger partial charge in [0, 0.05) is 0 Å². The van der Waals surface area contributed by atoms with Gasteiger partial charge in [-0.1, -0.05) is 33.8 Å². The first-order valence-electron chi connectivity index (χ1n) is 5.47. The van der Waals surface area contributed by atoms with Crippen LogP contribution in [-0.2, 0) is 0 Å². The molecular formula is C12H21N3. The van der Waals surface area contributed by atoms with Gasteiger partial charge in [-0.25, -0.2) is 4.98 Å². The van der Waals surface area contributed by atoms with Crippen molar-refractivity contribution in [3.8, 4) is 0 Å². The van der Waals surface area contributed by atoms with E-state index in [-0.39, 0.29) is 0 Å². The van der Waals surface area contributed by atoms with Gasteiger partial charge in [0.25, 0.3) is 0 Å². The predicted octanol–water partition coefficient (Wildman–Crippen LogP) is 3.51. The van der Waals surface area contributed by atoms with Crippen molar-refractivity contribution < 1.29 is 0 Å². The van der Waals surface area contributed by atoms with Gasteiger partial charge in [-0.3, -0.25) is 0 Å². The summed E-state index contributed by atoms with van der Waals surface area (Å²) in [6.45, 7) is 10.0.